The molecule has 0 atom stereocenters. The van der Waals surface area contributed by atoms with Crippen molar-refractivity contribution in [1.29, 1.82) is 0 Å². The van der Waals surface area contributed by atoms with Crippen LogP contribution in [0.1, 0.15) is 5.56 Å². The smallest absolute Gasteiger partial charge is 0.126 e. The van der Waals surface area contributed by atoms with Crippen molar-refractivity contribution in [3.63, 3.8) is 0 Å². The molecule has 3 rings (SSSR count). The number of rotatable bonds is 8. The summed E-state index contributed by atoms with van der Waals surface area (Å²) in [5, 5.41) is 43.8. The molecule has 152 valence electrons. The first-order valence-corrected chi connectivity index (χ1v) is 9.39. The molecule has 0 fully saturated rings. The maximum absolute atomic E-state index is 10.5. The molecule has 12 heteroatoms. The van der Waals surface area contributed by atoms with Crippen LogP contribution in [0.3, 0.4) is 0 Å². The Hall–Kier alpha value is -2.42. The lowest BCUT2D eigenvalue weighted by molar-refractivity contribution is -0.432. The average Bonchev–Trinajstić information content (AvgIpc) is 2.71. The van der Waals surface area contributed by atoms with E-state index in [-0.39, 0.29) is 11.4 Å². The van der Waals surface area contributed by atoms with E-state index in [2.05, 4.69) is 29.0 Å². The number of azo groups is 1. The van der Waals surface area contributed by atoms with Gasteiger partial charge in [0.1, 0.15) is 17.1 Å². The van der Waals surface area contributed by atoms with E-state index in [1.54, 1.807) is 30.3 Å². The van der Waals surface area contributed by atoms with Gasteiger partial charge in [0, 0.05) is 4.90 Å². The second-order valence-corrected chi connectivity index (χ2v) is 7.18. The monoisotopic (exact) mass is 437 g/mol. The van der Waals surface area contributed by atoms with Crippen LogP contribution in [0.4, 0.5) is 17.1 Å². The fraction of sp³-hybridized carbons (Fsp3) is 0.0588. The van der Waals surface area contributed by atoms with Crippen LogP contribution in [0.15, 0.2) is 62.5 Å². The van der Waals surface area contributed by atoms with Gasteiger partial charge in [0.15, 0.2) is 0 Å². The van der Waals surface area contributed by atoms with Crippen LogP contribution >= 0.6 is 24.1 Å². The topological polar surface area (TPSA) is 148 Å². The number of aryl methyl sites for hydroxylation is 1. The van der Waals surface area contributed by atoms with Crippen molar-refractivity contribution in [3.8, 4) is 5.75 Å². The van der Waals surface area contributed by atoms with E-state index in [9.17, 15) is 5.11 Å². The molecule has 0 unspecified atom stereocenters. The minimum atomic E-state index is -0.108. The Balaban J connectivity index is 2.03. The Bertz CT molecular complexity index is 1050. The largest absolute Gasteiger partial charge is 0.507 e. The molecule has 0 aromatic heterocycles. The molecule has 0 amide bonds. The predicted molar refractivity (Wildman–Crippen MR) is 107 cm³/mol. The SMILES string of the molecule is Cc1ccc(N=Nc2c(N)ccc3cc(SOOO)cc(O)c23)c(SOOO)c1. The summed E-state index contributed by atoms with van der Waals surface area (Å²) in [6.07, 6.45) is 0. The van der Waals surface area contributed by atoms with Crippen LogP contribution in [0.2, 0.25) is 0 Å². The van der Waals surface area contributed by atoms with Gasteiger partial charge in [-0.05, 0) is 48.2 Å². The standard InChI is InChI=1S/C17H15N3O7S2/c1-9-2-5-13(15(6-9)29-27-25-23)19-20-17-12(18)4-3-10-7-11(28-26-24-22)8-14(21)16(10)17/h2-8,21-23H,18H2,1H3. The Morgan fingerprint density at radius 1 is 0.931 bits per heavy atom. The summed E-state index contributed by atoms with van der Waals surface area (Å²) in [4.78, 5) is 1.03. The summed E-state index contributed by atoms with van der Waals surface area (Å²) in [7, 11) is 0. The van der Waals surface area contributed by atoms with Gasteiger partial charge < -0.3 is 10.8 Å². The number of phenols is 1. The molecule has 0 spiro atoms. The van der Waals surface area contributed by atoms with E-state index >= 15 is 0 Å². The molecule has 0 aliphatic carbocycles. The van der Waals surface area contributed by atoms with E-state index < -0.39 is 0 Å². The van der Waals surface area contributed by atoms with Crippen molar-refractivity contribution < 1.29 is 34.4 Å². The van der Waals surface area contributed by atoms with Crippen LogP contribution in [0, 0.1) is 6.92 Å². The fourth-order valence-corrected chi connectivity index (χ4v) is 3.53. The fourth-order valence-electron chi connectivity index (χ4n) is 2.55. The lowest BCUT2D eigenvalue weighted by Gasteiger charge is -2.09. The van der Waals surface area contributed by atoms with E-state index in [0.717, 1.165) is 17.6 Å². The zero-order valence-electron chi connectivity index (χ0n) is 14.8. The van der Waals surface area contributed by atoms with Crippen LogP contribution in [-0.2, 0) is 18.7 Å². The maximum atomic E-state index is 10.5. The molecule has 0 aliphatic rings. The molecule has 0 radical (unpaired) electrons. The van der Waals surface area contributed by atoms with E-state index in [1.165, 1.54) is 6.07 Å². The minimum Gasteiger partial charge on any atom is -0.507 e. The second kappa shape index (κ2) is 9.87. The van der Waals surface area contributed by atoms with Crippen molar-refractivity contribution in [2.24, 2.45) is 10.2 Å². The molecule has 3 aromatic carbocycles. The predicted octanol–water partition coefficient (Wildman–Crippen LogP) is 5.71. The molecular weight excluding hydrogens is 422 g/mol. The van der Waals surface area contributed by atoms with E-state index in [1.807, 2.05) is 13.0 Å². The third-order valence-electron chi connectivity index (χ3n) is 3.76. The van der Waals surface area contributed by atoms with Crippen molar-refractivity contribution in [3.05, 3.63) is 48.0 Å². The van der Waals surface area contributed by atoms with Gasteiger partial charge in [-0.15, -0.1) is 18.9 Å². The summed E-state index contributed by atoms with van der Waals surface area (Å²) in [5.74, 6) is -0.108. The number of hydrogen-bond acceptors (Lipinski definition) is 12. The highest BCUT2D eigenvalue weighted by molar-refractivity contribution is 7.94. The minimum absolute atomic E-state index is 0.108. The number of aromatic hydroxyl groups is 1. The van der Waals surface area contributed by atoms with E-state index in [4.69, 9.17) is 16.2 Å². The van der Waals surface area contributed by atoms with Gasteiger partial charge >= 0.3 is 0 Å². The Labute approximate surface area is 173 Å². The lowest BCUT2D eigenvalue weighted by Crippen LogP contribution is -1.88. The summed E-state index contributed by atoms with van der Waals surface area (Å²) in [5.41, 5.74) is 8.01. The number of anilines is 1. The van der Waals surface area contributed by atoms with Crippen molar-refractivity contribution >= 4 is 51.9 Å². The molecule has 0 saturated heterocycles. The van der Waals surface area contributed by atoms with Gasteiger partial charge in [-0.2, -0.15) is 0 Å². The highest BCUT2D eigenvalue weighted by Gasteiger charge is 2.13. The van der Waals surface area contributed by atoms with Crippen molar-refractivity contribution in [1.82, 2.24) is 0 Å². The molecule has 10 nitrogen and oxygen atoms in total. The summed E-state index contributed by atoms with van der Waals surface area (Å²) >= 11 is 1.48. The normalized spacial score (nSPS) is 11.6. The van der Waals surface area contributed by atoms with Gasteiger partial charge in [-0.1, -0.05) is 22.2 Å². The van der Waals surface area contributed by atoms with Crippen molar-refractivity contribution in [2.75, 3.05) is 5.73 Å². The zero-order valence-corrected chi connectivity index (χ0v) is 16.4. The number of nitrogen functional groups attached to an aromatic ring is 1. The van der Waals surface area contributed by atoms with Gasteiger partial charge in [0.2, 0.25) is 0 Å². The molecule has 5 N–H and O–H groups in total. The Kier molecular flexibility index (Phi) is 7.24. The van der Waals surface area contributed by atoms with Crippen LogP contribution in [-0.4, -0.2) is 15.6 Å². The zero-order chi connectivity index (χ0) is 20.8. The number of nitrogens with two attached hydrogens (primary N) is 1. The first kappa shape index (κ1) is 21.3. The lowest BCUT2D eigenvalue weighted by atomic mass is 10.1. The van der Waals surface area contributed by atoms with Gasteiger partial charge in [-0.3, -0.25) is 0 Å². The first-order valence-electron chi connectivity index (χ1n) is 7.90. The number of phenolic OH excluding ortho intramolecular Hbond substituents is 1. The second-order valence-electron chi connectivity index (χ2n) is 5.67. The van der Waals surface area contributed by atoms with Gasteiger partial charge in [0.05, 0.1) is 40.1 Å². The number of fused-ring (bicyclic) bond motifs is 1. The number of benzene rings is 3. The molecule has 29 heavy (non-hydrogen) atoms. The quantitative estimate of drug-likeness (QED) is 0.113. The van der Waals surface area contributed by atoms with Gasteiger partial charge in [-0.25, -0.2) is 10.5 Å². The van der Waals surface area contributed by atoms with Gasteiger partial charge in [0.25, 0.3) is 0 Å². The molecular formula is C17H15N3O7S2. The first-order chi connectivity index (χ1) is 14.0. The van der Waals surface area contributed by atoms with E-state index in [0.29, 0.717) is 44.0 Å². The number of nitrogens with zero attached hydrogens (tertiary/aromatic N) is 2. The molecule has 0 aliphatic heterocycles. The maximum Gasteiger partial charge on any atom is 0.126 e. The third kappa shape index (κ3) is 5.14. The molecule has 3 aromatic rings. The van der Waals surface area contributed by atoms with Crippen LogP contribution in [0.25, 0.3) is 10.8 Å². The van der Waals surface area contributed by atoms with Crippen LogP contribution in [0.5, 0.6) is 5.75 Å². The molecule has 0 saturated carbocycles. The van der Waals surface area contributed by atoms with Crippen LogP contribution < -0.4 is 5.73 Å². The third-order valence-corrected chi connectivity index (χ3v) is 4.95. The van der Waals surface area contributed by atoms with Crippen molar-refractivity contribution in [2.45, 2.75) is 16.7 Å². The summed E-state index contributed by atoms with van der Waals surface area (Å²) in [6, 6.07) is 11.7. The Morgan fingerprint density at radius 2 is 1.69 bits per heavy atom. The molecule has 0 heterocycles. The summed E-state index contributed by atoms with van der Waals surface area (Å²) < 4.78 is 8.88. The highest BCUT2D eigenvalue weighted by atomic mass is 32.2. The average molecular weight is 437 g/mol. The number of hydrogen-bond donors (Lipinski definition) is 4. The Morgan fingerprint density at radius 3 is 2.45 bits per heavy atom. The summed E-state index contributed by atoms with van der Waals surface area (Å²) in [6.45, 7) is 1.88. The molecule has 0 bridgehead atoms. The highest BCUT2D eigenvalue weighted by Crippen LogP contribution is 2.42.